The topological polar surface area (TPSA) is 32.3 Å². The van der Waals surface area contributed by atoms with Crippen LogP contribution in [0.3, 0.4) is 0 Å². The van der Waals surface area contributed by atoms with Crippen molar-refractivity contribution in [1.82, 2.24) is 10.2 Å². The fourth-order valence-electron chi connectivity index (χ4n) is 2.26. The summed E-state index contributed by atoms with van der Waals surface area (Å²) in [6.45, 7) is 1.04. The molecule has 1 aromatic carbocycles. The van der Waals surface area contributed by atoms with Crippen molar-refractivity contribution in [3.63, 3.8) is 0 Å². The highest BCUT2D eigenvalue weighted by molar-refractivity contribution is 5.94. The lowest BCUT2D eigenvalue weighted by molar-refractivity contribution is 0.0688. The van der Waals surface area contributed by atoms with E-state index in [1.165, 1.54) is 11.0 Å². The van der Waals surface area contributed by atoms with Crippen LogP contribution >= 0.6 is 12.4 Å². The van der Waals surface area contributed by atoms with Gasteiger partial charge in [0.2, 0.25) is 0 Å². The molecule has 0 aliphatic carbocycles. The van der Waals surface area contributed by atoms with Crippen molar-refractivity contribution in [1.29, 1.82) is 0 Å². The minimum atomic E-state index is -0.799. The molecule has 19 heavy (non-hydrogen) atoms. The second-order valence-electron chi connectivity index (χ2n) is 4.48. The normalized spacial score (nSPS) is 18.9. The summed E-state index contributed by atoms with van der Waals surface area (Å²) in [6, 6.07) is 3.66. The zero-order valence-electron chi connectivity index (χ0n) is 10.7. The molecule has 1 N–H and O–H groups in total. The van der Waals surface area contributed by atoms with E-state index in [4.69, 9.17) is 0 Å². The Hall–Kier alpha value is -1.20. The highest BCUT2D eigenvalue weighted by atomic mass is 35.5. The quantitative estimate of drug-likeness (QED) is 0.906. The third kappa shape index (κ3) is 3.42. The molecule has 0 aromatic heterocycles. The van der Waals surface area contributed by atoms with Crippen molar-refractivity contribution in [2.45, 2.75) is 18.9 Å². The smallest absolute Gasteiger partial charge is 0.259 e. The largest absolute Gasteiger partial charge is 0.337 e. The van der Waals surface area contributed by atoms with Crippen LogP contribution in [0.1, 0.15) is 23.2 Å². The van der Waals surface area contributed by atoms with Gasteiger partial charge in [-0.3, -0.25) is 4.79 Å². The molecule has 0 bridgehead atoms. The average molecular weight is 291 g/mol. The third-order valence-electron chi connectivity index (χ3n) is 3.29. The van der Waals surface area contributed by atoms with Crippen LogP contribution in [0, 0.1) is 11.6 Å². The number of rotatable bonds is 2. The van der Waals surface area contributed by atoms with Gasteiger partial charge in [-0.25, -0.2) is 8.78 Å². The maximum Gasteiger partial charge on any atom is 0.259 e. The van der Waals surface area contributed by atoms with Crippen LogP contribution in [0.5, 0.6) is 0 Å². The van der Waals surface area contributed by atoms with Crippen LogP contribution in [-0.2, 0) is 0 Å². The number of halogens is 3. The third-order valence-corrected chi connectivity index (χ3v) is 3.29. The molecule has 1 aliphatic rings. The summed E-state index contributed by atoms with van der Waals surface area (Å²) in [5.74, 6) is -2.16. The number of carbonyl (C=O) groups is 1. The highest BCUT2D eigenvalue weighted by Crippen LogP contribution is 2.18. The first-order chi connectivity index (χ1) is 8.63. The zero-order valence-corrected chi connectivity index (χ0v) is 11.5. The number of likely N-dealkylation sites (N-methyl/N-ethyl adjacent to an activating group) is 1. The lowest BCUT2D eigenvalue weighted by Gasteiger charge is -2.32. The molecule has 1 aliphatic heterocycles. The van der Waals surface area contributed by atoms with E-state index in [0.29, 0.717) is 13.1 Å². The molecule has 1 atom stereocenters. The number of nitrogens with zero attached hydrogens (tertiary/aromatic N) is 1. The lowest BCUT2D eigenvalue weighted by Crippen LogP contribution is -2.47. The molecule has 0 saturated carbocycles. The molecular formula is C13H17ClF2N2O. The molecule has 0 spiro atoms. The minimum absolute atomic E-state index is 0. The van der Waals surface area contributed by atoms with Gasteiger partial charge in [-0.05, 0) is 32.0 Å². The number of hydrogen-bond donors (Lipinski definition) is 1. The number of amides is 1. The predicted molar refractivity (Wildman–Crippen MR) is 71.6 cm³/mol. The maximum atomic E-state index is 13.5. The first-order valence-electron chi connectivity index (χ1n) is 6.04. The number of carbonyl (C=O) groups excluding carboxylic acids is 1. The molecule has 1 aromatic rings. The predicted octanol–water partition coefficient (Wildman–Crippen LogP) is 2.21. The van der Waals surface area contributed by atoms with Crippen molar-refractivity contribution in [3.05, 3.63) is 35.4 Å². The van der Waals surface area contributed by atoms with Gasteiger partial charge < -0.3 is 10.2 Å². The molecule has 106 valence electrons. The van der Waals surface area contributed by atoms with E-state index in [1.54, 1.807) is 0 Å². The Labute approximate surface area is 117 Å². The molecule has 1 saturated heterocycles. The number of hydrogen-bond acceptors (Lipinski definition) is 2. The Bertz CT molecular complexity index is 436. The van der Waals surface area contributed by atoms with E-state index in [-0.39, 0.29) is 18.4 Å². The molecular weight excluding hydrogens is 274 g/mol. The first kappa shape index (κ1) is 15.9. The van der Waals surface area contributed by atoms with Crippen LogP contribution in [0.25, 0.3) is 0 Å². The van der Waals surface area contributed by atoms with E-state index in [2.05, 4.69) is 5.32 Å². The monoisotopic (exact) mass is 290 g/mol. The maximum absolute atomic E-state index is 13.5. The Morgan fingerprint density at radius 3 is 2.58 bits per heavy atom. The van der Waals surface area contributed by atoms with E-state index in [1.807, 2.05) is 7.05 Å². The summed E-state index contributed by atoms with van der Waals surface area (Å²) in [6.07, 6.45) is 1.81. The number of nitrogens with one attached hydrogen (secondary N) is 1. The van der Waals surface area contributed by atoms with E-state index >= 15 is 0 Å². The van der Waals surface area contributed by atoms with Crippen LogP contribution < -0.4 is 5.32 Å². The molecule has 1 unspecified atom stereocenters. The average Bonchev–Trinajstić information content (AvgIpc) is 2.38. The van der Waals surface area contributed by atoms with Gasteiger partial charge in [0.05, 0.1) is 0 Å². The molecule has 1 amide bonds. The van der Waals surface area contributed by atoms with Crippen molar-refractivity contribution in [2.24, 2.45) is 0 Å². The van der Waals surface area contributed by atoms with Gasteiger partial charge in [-0.1, -0.05) is 6.07 Å². The summed E-state index contributed by atoms with van der Waals surface area (Å²) < 4.78 is 27.1. The van der Waals surface area contributed by atoms with E-state index in [9.17, 15) is 13.6 Å². The Morgan fingerprint density at radius 2 is 2.00 bits per heavy atom. The summed E-state index contributed by atoms with van der Waals surface area (Å²) in [4.78, 5) is 13.6. The molecule has 1 fully saturated rings. The molecule has 1 heterocycles. The van der Waals surface area contributed by atoms with Crippen molar-refractivity contribution >= 4 is 18.3 Å². The van der Waals surface area contributed by atoms with Gasteiger partial charge in [0.1, 0.15) is 17.2 Å². The van der Waals surface area contributed by atoms with E-state index in [0.717, 1.165) is 25.0 Å². The molecule has 3 nitrogen and oxygen atoms in total. The van der Waals surface area contributed by atoms with Crippen LogP contribution in [0.15, 0.2) is 18.2 Å². The fourth-order valence-corrected chi connectivity index (χ4v) is 2.26. The van der Waals surface area contributed by atoms with Gasteiger partial charge in [0, 0.05) is 19.1 Å². The van der Waals surface area contributed by atoms with Gasteiger partial charge in [-0.2, -0.15) is 0 Å². The van der Waals surface area contributed by atoms with E-state index < -0.39 is 23.1 Å². The van der Waals surface area contributed by atoms with Gasteiger partial charge >= 0.3 is 0 Å². The van der Waals surface area contributed by atoms with Gasteiger partial charge in [0.25, 0.3) is 5.91 Å². The van der Waals surface area contributed by atoms with Gasteiger partial charge in [-0.15, -0.1) is 12.4 Å². The Kier molecular flexibility index (Phi) is 5.69. The zero-order chi connectivity index (χ0) is 13.1. The minimum Gasteiger partial charge on any atom is -0.337 e. The molecule has 0 radical (unpaired) electrons. The van der Waals surface area contributed by atoms with Crippen molar-refractivity contribution < 1.29 is 13.6 Å². The standard InChI is InChI=1S/C13H16F2N2O.ClH/c1-16-9-4-3-7-17(8-9)13(18)12-10(14)5-2-6-11(12)15;/h2,5-6,9,16H,3-4,7-8H2,1H3;1H. The fraction of sp³-hybridized carbons (Fsp3) is 0.462. The van der Waals surface area contributed by atoms with Crippen LogP contribution in [0.2, 0.25) is 0 Å². The Balaban J connectivity index is 0.00000180. The van der Waals surface area contributed by atoms with Crippen molar-refractivity contribution in [3.8, 4) is 0 Å². The summed E-state index contributed by atoms with van der Waals surface area (Å²) >= 11 is 0. The first-order valence-corrected chi connectivity index (χ1v) is 6.04. The lowest BCUT2D eigenvalue weighted by atomic mass is 10.0. The summed E-state index contributed by atoms with van der Waals surface area (Å²) in [5.41, 5.74) is -0.450. The van der Waals surface area contributed by atoms with Gasteiger partial charge in [0.15, 0.2) is 0 Å². The number of benzene rings is 1. The van der Waals surface area contributed by atoms with Crippen LogP contribution in [0.4, 0.5) is 8.78 Å². The Morgan fingerprint density at radius 1 is 1.37 bits per heavy atom. The number of likely N-dealkylation sites (tertiary alicyclic amines) is 1. The SMILES string of the molecule is CNC1CCCN(C(=O)c2c(F)cccc2F)C1.Cl. The molecule has 2 rings (SSSR count). The number of piperidine rings is 1. The summed E-state index contributed by atoms with van der Waals surface area (Å²) in [5, 5.41) is 3.09. The van der Waals surface area contributed by atoms with Crippen molar-refractivity contribution in [2.75, 3.05) is 20.1 Å². The van der Waals surface area contributed by atoms with Crippen LogP contribution in [-0.4, -0.2) is 37.0 Å². The molecule has 6 heteroatoms. The summed E-state index contributed by atoms with van der Waals surface area (Å²) in [7, 11) is 1.82. The second kappa shape index (κ2) is 6.82. The highest BCUT2D eigenvalue weighted by Gasteiger charge is 2.27. The second-order valence-corrected chi connectivity index (χ2v) is 4.48.